The average molecular weight is 294 g/mol. The quantitative estimate of drug-likeness (QED) is 0.676. The summed E-state index contributed by atoms with van der Waals surface area (Å²) in [5.74, 6) is 0.673. The highest BCUT2D eigenvalue weighted by molar-refractivity contribution is 5.77. The lowest BCUT2D eigenvalue weighted by Gasteiger charge is -2.18. The van der Waals surface area contributed by atoms with Crippen molar-refractivity contribution in [1.82, 2.24) is 4.98 Å². The fraction of sp³-hybridized carbons (Fsp3) is 0.316. The molecule has 114 valence electrons. The van der Waals surface area contributed by atoms with E-state index in [1.54, 1.807) is 0 Å². The lowest BCUT2D eigenvalue weighted by atomic mass is 9.87. The van der Waals surface area contributed by atoms with Gasteiger partial charge in [-0.3, -0.25) is 0 Å². The molecule has 0 aliphatic rings. The average Bonchev–Trinajstić information content (AvgIpc) is 2.89. The van der Waals surface area contributed by atoms with Crippen LogP contribution >= 0.6 is 0 Å². The van der Waals surface area contributed by atoms with E-state index in [1.807, 2.05) is 32.3 Å². The molecular formula is C19H22N2O. The largest absolute Gasteiger partial charge is 0.436 e. The summed E-state index contributed by atoms with van der Waals surface area (Å²) >= 11 is 0. The maximum Gasteiger partial charge on any atom is 0.227 e. The van der Waals surface area contributed by atoms with Gasteiger partial charge in [-0.25, -0.2) is 4.98 Å². The van der Waals surface area contributed by atoms with Crippen LogP contribution in [0.4, 0.5) is 5.69 Å². The fourth-order valence-electron chi connectivity index (χ4n) is 2.42. The van der Waals surface area contributed by atoms with E-state index in [0.717, 1.165) is 22.4 Å². The van der Waals surface area contributed by atoms with Crippen molar-refractivity contribution in [3.8, 4) is 11.5 Å². The highest BCUT2D eigenvalue weighted by atomic mass is 16.3. The molecule has 0 atom stereocenters. The van der Waals surface area contributed by atoms with E-state index in [4.69, 9.17) is 4.42 Å². The van der Waals surface area contributed by atoms with Crippen LogP contribution in [0.1, 0.15) is 26.3 Å². The lowest BCUT2D eigenvalue weighted by molar-refractivity contribution is 0.584. The zero-order valence-corrected chi connectivity index (χ0v) is 13.8. The molecule has 0 saturated heterocycles. The van der Waals surface area contributed by atoms with Crippen molar-refractivity contribution < 1.29 is 4.42 Å². The van der Waals surface area contributed by atoms with Crippen LogP contribution in [0.2, 0.25) is 0 Å². The summed E-state index contributed by atoms with van der Waals surface area (Å²) in [6.07, 6.45) is 0. The Kier molecular flexibility index (Phi) is 3.44. The number of hydrogen-bond donors (Lipinski definition) is 0. The van der Waals surface area contributed by atoms with E-state index < -0.39 is 0 Å². The molecule has 22 heavy (non-hydrogen) atoms. The number of anilines is 1. The van der Waals surface area contributed by atoms with E-state index in [2.05, 4.69) is 54.9 Å². The normalized spacial score (nSPS) is 11.9. The fourth-order valence-corrected chi connectivity index (χ4v) is 2.42. The number of hydrogen-bond acceptors (Lipinski definition) is 3. The van der Waals surface area contributed by atoms with Crippen molar-refractivity contribution in [1.29, 1.82) is 0 Å². The summed E-state index contributed by atoms with van der Waals surface area (Å²) in [6.45, 7) is 6.60. The molecule has 0 spiro atoms. The summed E-state index contributed by atoms with van der Waals surface area (Å²) in [4.78, 5) is 6.68. The van der Waals surface area contributed by atoms with Crippen LogP contribution in [0.15, 0.2) is 46.9 Å². The number of benzene rings is 2. The first-order valence-electron chi connectivity index (χ1n) is 7.53. The molecule has 0 aliphatic heterocycles. The molecule has 3 aromatic rings. The van der Waals surface area contributed by atoms with Gasteiger partial charge in [0.05, 0.1) is 0 Å². The van der Waals surface area contributed by atoms with Gasteiger partial charge in [-0.05, 0) is 47.4 Å². The van der Waals surface area contributed by atoms with Gasteiger partial charge in [0.2, 0.25) is 5.89 Å². The van der Waals surface area contributed by atoms with Crippen molar-refractivity contribution in [3.63, 3.8) is 0 Å². The molecule has 0 fully saturated rings. The smallest absolute Gasteiger partial charge is 0.227 e. The number of nitrogens with zero attached hydrogens (tertiary/aromatic N) is 2. The Morgan fingerprint density at radius 2 is 1.64 bits per heavy atom. The van der Waals surface area contributed by atoms with Crippen molar-refractivity contribution >= 4 is 16.8 Å². The van der Waals surface area contributed by atoms with Crippen LogP contribution in [0.25, 0.3) is 22.6 Å². The molecule has 0 aliphatic carbocycles. The Bertz CT molecular complexity index is 792. The van der Waals surface area contributed by atoms with Gasteiger partial charge in [-0.15, -0.1) is 0 Å². The first-order valence-corrected chi connectivity index (χ1v) is 7.53. The predicted molar refractivity (Wildman–Crippen MR) is 92.5 cm³/mol. The summed E-state index contributed by atoms with van der Waals surface area (Å²) in [6, 6.07) is 14.5. The maximum absolute atomic E-state index is 5.97. The highest BCUT2D eigenvalue weighted by Gasteiger charge is 2.16. The molecule has 0 saturated carbocycles. The van der Waals surface area contributed by atoms with E-state index in [9.17, 15) is 0 Å². The maximum atomic E-state index is 5.97. The third-order valence-electron chi connectivity index (χ3n) is 3.89. The number of fused-ring (bicyclic) bond motifs is 1. The summed E-state index contributed by atoms with van der Waals surface area (Å²) in [7, 11) is 4.06. The molecule has 3 heteroatoms. The van der Waals surface area contributed by atoms with Crippen molar-refractivity contribution in [2.75, 3.05) is 19.0 Å². The second-order valence-corrected chi connectivity index (χ2v) is 6.89. The van der Waals surface area contributed by atoms with Crippen LogP contribution < -0.4 is 4.90 Å². The number of aromatic nitrogens is 1. The SMILES string of the molecule is CN(C)c1ccc(-c2nc3ccc(C(C)(C)C)cc3o2)cc1. The third-order valence-corrected chi connectivity index (χ3v) is 3.89. The third kappa shape index (κ3) is 2.71. The molecule has 1 heterocycles. The molecule has 1 aromatic heterocycles. The molecule has 0 bridgehead atoms. The van der Waals surface area contributed by atoms with E-state index in [-0.39, 0.29) is 5.41 Å². The highest BCUT2D eigenvalue weighted by Crippen LogP contribution is 2.29. The Morgan fingerprint density at radius 3 is 2.23 bits per heavy atom. The van der Waals surface area contributed by atoms with Crippen LogP contribution in [0.3, 0.4) is 0 Å². The summed E-state index contributed by atoms with van der Waals surface area (Å²) in [5, 5.41) is 0. The zero-order valence-electron chi connectivity index (χ0n) is 13.8. The molecule has 3 rings (SSSR count). The van der Waals surface area contributed by atoms with Crippen LogP contribution in [-0.2, 0) is 5.41 Å². The van der Waals surface area contributed by atoms with Crippen LogP contribution in [0, 0.1) is 0 Å². The Labute approximate surface area is 131 Å². The van der Waals surface area contributed by atoms with Gasteiger partial charge >= 0.3 is 0 Å². The Morgan fingerprint density at radius 1 is 0.955 bits per heavy atom. The van der Waals surface area contributed by atoms with Crippen LogP contribution in [-0.4, -0.2) is 19.1 Å². The minimum Gasteiger partial charge on any atom is -0.436 e. The lowest BCUT2D eigenvalue weighted by Crippen LogP contribution is -2.10. The van der Waals surface area contributed by atoms with E-state index in [0.29, 0.717) is 5.89 Å². The minimum absolute atomic E-state index is 0.106. The first-order chi connectivity index (χ1) is 10.3. The van der Waals surface area contributed by atoms with Gasteiger partial charge < -0.3 is 9.32 Å². The van der Waals surface area contributed by atoms with Gasteiger partial charge in [0.1, 0.15) is 5.52 Å². The second kappa shape index (κ2) is 5.16. The van der Waals surface area contributed by atoms with E-state index >= 15 is 0 Å². The number of oxazole rings is 1. The molecule has 3 nitrogen and oxygen atoms in total. The van der Waals surface area contributed by atoms with Gasteiger partial charge in [0, 0.05) is 25.3 Å². The summed E-state index contributed by atoms with van der Waals surface area (Å²) in [5.41, 5.74) is 5.27. The van der Waals surface area contributed by atoms with Crippen molar-refractivity contribution in [3.05, 3.63) is 48.0 Å². The van der Waals surface area contributed by atoms with Crippen molar-refractivity contribution in [2.24, 2.45) is 0 Å². The first kappa shape index (κ1) is 14.6. The van der Waals surface area contributed by atoms with Gasteiger partial charge in [-0.2, -0.15) is 0 Å². The number of rotatable bonds is 2. The van der Waals surface area contributed by atoms with Crippen LogP contribution in [0.5, 0.6) is 0 Å². The molecule has 0 radical (unpaired) electrons. The summed E-state index contributed by atoms with van der Waals surface area (Å²) < 4.78 is 5.97. The van der Waals surface area contributed by atoms with Gasteiger partial charge in [-0.1, -0.05) is 26.8 Å². The monoisotopic (exact) mass is 294 g/mol. The molecule has 0 amide bonds. The second-order valence-electron chi connectivity index (χ2n) is 6.89. The molecule has 2 aromatic carbocycles. The Balaban J connectivity index is 2.01. The van der Waals surface area contributed by atoms with Crippen molar-refractivity contribution in [2.45, 2.75) is 26.2 Å². The predicted octanol–water partition coefficient (Wildman–Crippen LogP) is 4.86. The van der Waals surface area contributed by atoms with Gasteiger partial charge in [0.15, 0.2) is 5.58 Å². The standard InChI is InChI=1S/C19H22N2O/c1-19(2,3)14-8-11-16-17(12-14)22-18(20-16)13-6-9-15(10-7-13)21(4)5/h6-12H,1-5H3. The topological polar surface area (TPSA) is 29.3 Å². The van der Waals surface area contributed by atoms with E-state index in [1.165, 1.54) is 5.56 Å². The molecule has 0 unspecified atom stereocenters. The molecule has 0 N–H and O–H groups in total. The minimum atomic E-state index is 0.106. The van der Waals surface area contributed by atoms with Gasteiger partial charge in [0.25, 0.3) is 0 Å². The zero-order chi connectivity index (χ0) is 15.9. The molecular weight excluding hydrogens is 272 g/mol. The Hall–Kier alpha value is -2.29.